The van der Waals surface area contributed by atoms with Crippen molar-refractivity contribution in [2.45, 2.75) is 24.5 Å². The minimum atomic E-state index is -2.15. The number of rotatable bonds is 4. The van der Waals surface area contributed by atoms with E-state index >= 15 is 0 Å². The second kappa shape index (κ2) is 6.17. The fourth-order valence-electron chi connectivity index (χ4n) is 1.85. The van der Waals surface area contributed by atoms with E-state index < -0.39 is 37.5 Å². The summed E-state index contributed by atoms with van der Waals surface area (Å²) >= 11 is 3.55. The highest BCUT2D eigenvalue weighted by atomic mass is 32.7. The van der Waals surface area contributed by atoms with Gasteiger partial charge in [0.1, 0.15) is 43.0 Å². The molecule has 1 saturated heterocycles. The average Bonchev–Trinajstić information content (AvgIpc) is 2.64. The van der Waals surface area contributed by atoms with E-state index in [-0.39, 0.29) is 12.4 Å². The Morgan fingerprint density at radius 2 is 2.25 bits per heavy atom. The van der Waals surface area contributed by atoms with Gasteiger partial charge in [-0.15, -0.1) is 4.52 Å². The second-order valence-corrected chi connectivity index (χ2v) is 5.84. The van der Waals surface area contributed by atoms with Gasteiger partial charge in [-0.05, 0) is 10.6 Å². The lowest BCUT2D eigenvalue weighted by molar-refractivity contribution is -0.0504. The monoisotopic (exact) mass is 322 g/mol. The minimum Gasteiger partial charge on any atom is -0.387 e. The smallest absolute Gasteiger partial charge is 0.387 e. The third-order valence-electron chi connectivity index (χ3n) is 2.81. The van der Waals surface area contributed by atoms with Crippen LogP contribution < -0.4 is 11.4 Å². The normalized spacial score (nSPS) is 30.4. The zero-order valence-electron chi connectivity index (χ0n) is 10.1. The van der Waals surface area contributed by atoms with Crippen molar-refractivity contribution in [2.75, 3.05) is 12.3 Å². The molecule has 1 aromatic heterocycles. The first-order valence-corrected chi connectivity index (χ1v) is 7.88. The molecule has 2 rings (SSSR count). The molecule has 0 amide bonds. The van der Waals surface area contributed by atoms with Crippen LogP contribution in [0.1, 0.15) is 6.23 Å². The van der Waals surface area contributed by atoms with Crippen molar-refractivity contribution in [1.82, 2.24) is 9.55 Å². The molecule has 9 nitrogen and oxygen atoms in total. The van der Waals surface area contributed by atoms with Gasteiger partial charge >= 0.3 is 12.9 Å². The van der Waals surface area contributed by atoms with E-state index in [1.807, 2.05) is 0 Å². The SMILES string of the molecule is Nc1ccn([C@@H]2O[C@H](CO[P+](=O)S)[C@@H](O)[C@H]2O)c(=O)n1. The molecule has 4 N–H and O–H groups in total. The molecule has 110 valence electrons. The molecule has 0 aromatic carbocycles. The van der Waals surface area contributed by atoms with Crippen molar-refractivity contribution < 1.29 is 24.0 Å². The quantitative estimate of drug-likeness (QED) is 0.411. The van der Waals surface area contributed by atoms with Crippen LogP contribution in [0.25, 0.3) is 0 Å². The maximum Gasteiger partial charge on any atom is 0.582 e. The number of nitrogens with zero attached hydrogens (tertiary/aromatic N) is 2. The van der Waals surface area contributed by atoms with Gasteiger partial charge in [0.15, 0.2) is 6.23 Å². The van der Waals surface area contributed by atoms with E-state index in [4.69, 9.17) is 15.0 Å². The molecule has 1 aliphatic heterocycles. The first kappa shape index (κ1) is 15.4. The molecular weight excluding hydrogens is 309 g/mol. The van der Waals surface area contributed by atoms with E-state index in [0.29, 0.717) is 0 Å². The highest BCUT2D eigenvalue weighted by Crippen LogP contribution is 2.32. The van der Waals surface area contributed by atoms with E-state index in [9.17, 15) is 19.6 Å². The predicted octanol–water partition coefficient (Wildman–Crippen LogP) is -0.952. The molecule has 0 spiro atoms. The Balaban J connectivity index is 2.17. The second-order valence-electron chi connectivity index (χ2n) is 4.12. The molecule has 11 heteroatoms. The number of ether oxygens (including phenoxy) is 1. The van der Waals surface area contributed by atoms with Crippen LogP contribution in [0.5, 0.6) is 0 Å². The Hall–Kier alpha value is -1.03. The summed E-state index contributed by atoms with van der Waals surface area (Å²) in [7, 11) is -2.15. The standard InChI is InChI=1S/C9H12N3O6PS/c10-5-1-2-12(9(15)11-5)8-7(14)6(13)4(18-8)3-17-19(16)20/h1-2,4,6-8,13-14H,3H2,(H2-,10,11,15,16,20)/p+1/t4-,6-,7-,8-/m1/s1. The summed E-state index contributed by atoms with van der Waals surface area (Å²) in [4.78, 5) is 15.2. The lowest BCUT2D eigenvalue weighted by Crippen LogP contribution is -2.36. The Bertz CT molecular complexity index is 569. The number of hydrogen-bond donors (Lipinski definition) is 4. The van der Waals surface area contributed by atoms with Crippen LogP contribution in [-0.2, 0) is 13.8 Å². The van der Waals surface area contributed by atoms with Crippen molar-refractivity contribution in [1.29, 1.82) is 0 Å². The predicted molar refractivity (Wildman–Crippen MR) is 71.4 cm³/mol. The van der Waals surface area contributed by atoms with Crippen molar-refractivity contribution in [2.24, 2.45) is 0 Å². The van der Waals surface area contributed by atoms with E-state index in [2.05, 4.69) is 17.2 Å². The van der Waals surface area contributed by atoms with E-state index in [1.165, 1.54) is 12.3 Å². The first-order valence-electron chi connectivity index (χ1n) is 5.55. The highest BCUT2D eigenvalue weighted by Gasteiger charge is 2.45. The maximum atomic E-state index is 11.7. The van der Waals surface area contributed by atoms with Crippen LogP contribution in [0.4, 0.5) is 5.82 Å². The van der Waals surface area contributed by atoms with Crippen molar-refractivity contribution in [3.8, 4) is 0 Å². The summed E-state index contributed by atoms with van der Waals surface area (Å²) in [6.07, 6.45) is -3.42. The van der Waals surface area contributed by atoms with Gasteiger partial charge in [0.2, 0.25) is 0 Å². The van der Waals surface area contributed by atoms with Gasteiger partial charge in [0, 0.05) is 6.20 Å². The lowest BCUT2D eigenvalue weighted by Gasteiger charge is -2.16. The lowest BCUT2D eigenvalue weighted by atomic mass is 10.1. The maximum absolute atomic E-state index is 11.7. The third kappa shape index (κ3) is 3.17. The molecule has 0 aliphatic carbocycles. The first-order chi connectivity index (χ1) is 9.40. The number of aliphatic hydroxyl groups is 2. The van der Waals surface area contributed by atoms with Gasteiger partial charge in [0.05, 0.1) is 0 Å². The number of nitrogen functional groups attached to an aromatic ring is 1. The van der Waals surface area contributed by atoms with Gasteiger partial charge < -0.3 is 20.7 Å². The molecule has 1 unspecified atom stereocenters. The summed E-state index contributed by atoms with van der Waals surface area (Å²) in [5.41, 5.74) is 4.64. The van der Waals surface area contributed by atoms with E-state index in [1.54, 1.807) is 0 Å². The molecule has 0 saturated carbocycles. The van der Waals surface area contributed by atoms with Crippen LogP contribution in [-0.4, -0.2) is 44.7 Å². The van der Waals surface area contributed by atoms with Crippen LogP contribution in [0.15, 0.2) is 17.1 Å². The Kier molecular flexibility index (Phi) is 4.74. The van der Waals surface area contributed by atoms with Crippen LogP contribution in [0.3, 0.4) is 0 Å². The summed E-state index contributed by atoms with van der Waals surface area (Å²) in [6, 6.07) is 1.36. The number of hydrogen-bond acceptors (Lipinski definition) is 8. The molecule has 5 atom stereocenters. The summed E-state index contributed by atoms with van der Waals surface area (Å²) < 4.78 is 21.8. The van der Waals surface area contributed by atoms with Crippen molar-refractivity contribution in [3.63, 3.8) is 0 Å². The van der Waals surface area contributed by atoms with Gasteiger partial charge in [0.25, 0.3) is 0 Å². The number of nitrogens with two attached hydrogens (primary N) is 1. The van der Waals surface area contributed by atoms with Crippen LogP contribution in [0, 0.1) is 0 Å². The Morgan fingerprint density at radius 3 is 2.85 bits per heavy atom. The largest absolute Gasteiger partial charge is 0.582 e. The Morgan fingerprint density at radius 1 is 1.55 bits per heavy atom. The van der Waals surface area contributed by atoms with Gasteiger partial charge in [-0.1, -0.05) is 0 Å². The number of aliphatic hydroxyl groups excluding tert-OH is 2. The molecule has 1 aromatic rings. The summed E-state index contributed by atoms with van der Waals surface area (Å²) in [5, 5.41) is 19.7. The Labute approximate surface area is 119 Å². The molecule has 1 aliphatic rings. The number of anilines is 1. The highest BCUT2D eigenvalue weighted by molar-refractivity contribution is 8.39. The van der Waals surface area contributed by atoms with Crippen LogP contribution >= 0.6 is 19.5 Å². The fraction of sp³-hybridized carbons (Fsp3) is 0.556. The fourth-order valence-corrected chi connectivity index (χ4v) is 2.33. The van der Waals surface area contributed by atoms with Crippen LogP contribution in [0.2, 0.25) is 0 Å². The van der Waals surface area contributed by atoms with Gasteiger partial charge in [-0.2, -0.15) is 4.98 Å². The molecular formula is C9H13N3O6PS+. The number of aromatic nitrogens is 2. The zero-order valence-corrected chi connectivity index (χ0v) is 11.9. The average molecular weight is 322 g/mol. The van der Waals surface area contributed by atoms with Crippen molar-refractivity contribution >= 4 is 25.3 Å². The zero-order chi connectivity index (χ0) is 14.9. The van der Waals surface area contributed by atoms with Gasteiger partial charge in [-0.25, -0.2) is 4.79 Å². The third-order valence-corrected chi connectivity index (χ3v) is 3.53. The summed E-state index contributed by atoms with van der Waals surface area (Å²) in [5.74, 6) is 0.0336. The molecule has 0 bridgehead atoms. The topological polar surface area (TPSA) is 137 Å². The van der Waals surface area contributed by atoms with E-state index in [0.717, 1.165) is 4.57 Å². The molecule has 1 fully saturated rings. The van der Waals surface area contributed by atoms with Crippen molar-refractivity contribution in [3.05, 3.63) is 22.7 Å². The van der Waals surface area contributed by atoms with Gasteiger partial charge in [-0.3, -0.25) is 4.57 Å². The molecule has 20 heavy (non-hydrogen) atoms. The minimum absolute atomic E-state index is 0.0336. The molecule has 0 radical (unpaired) electrons. The summed E-state index contributed by atoms with van der Waals surface area (Å²) in [6.45, 7) is -0.232. The number of thiol groups is 1. The molecule has 2 heterocycles.